The Hall–Kier alpha value is -3.94. The van der Waals surface area contributed by atoms with Gasteiger partial charge < -0.3 is 30.2 Å². The van der Waals surface area contributed by atoms with Gasteiger partial charge in [0.15, 0.2) is 0 Å². The van der Waals surface area contributed by atoms with E-state index in [0.717, 1.165) is 83.5 Å². The fourth-order valence-electron chi connectivity index (χ4n) is 7.70. The molecule has 238 valence electrons. The van der Waals surface area contributed by atoms with E-state index in [0.29, 0.717) is 11.1 Å². The molecular formula is C40H44N2O4. The Balaban J connectivity index is 1.14. The van der Waals surface area contributed by atoms with Crippen LogP contribution in [0.25, 0.3) is 11.1 Å². The molecule has 2 saturated carbocycles. The number of allylic oxidation sites excluding steroid dienone is 4. The maximum atomic E-state index is 11.5. The van der Waals surface area contributed by atoms with Gasteiger partial charge in [-0.3, -0.25) is 0 Å². The maximum absolute atomic E-state index is 11.5. The van der Waals surface area contributed by atoms with E-state index in [9.17, 15) is 20.4 Å². The van der Waals surface area contributed by atoms with Crippen LogP contribution in [0.2, 0.25) is 0 Å². The first-order valence-electron chi connectivity index (χ1n) is 16.8. The Bertz CT molecular complexity index is 1590. The number of para-hydroxylation sites is 2. The minimum absolute atomic E-state index is 0.490. The molecule has 0 spiro atoms. The molecule has 2 aliphatic heterocycles. The summed E-state index contributed by atoms with van der Waals surface area (Å²) >= 11 is 0. The number of fused-ring (bicyclic) bond motifs is 2. The molecule has 4 N–H and O–H groups in total. The minimum atomic E-state index is -0.839. The van der Waals surface area contributed by atoms with E-state index in [1.807, 2.05) is 60.7 Å². The molecule has 3 aromatic carbocycles. The highest BCUT2D eigenvalue weighted by molar-refractivity contribution is 5.90. The Kier molecular flexibility index (Phi) is 8.47. The smallest absolute Gasteiger partial charge is 0.0880 e. The summed E-state index contributed by atoms with van der Waals surface area (Å²) in [6, 6.07) is 24.0. The summed E-state index contributed by atoms with van der Waals surface area (Å²) < 4.78 is 0. The van der Waals surface area contributed by atoms with Crippen molar-refractivity contribution in [2.24, 2.45) is 0 Å². The number of anilines is 2. The highest BCUT2D eigenvalue weighted by atomic mass is 16.3. The van der Waals surface area contributed by atoms with Crippen LogP contribution in [0.4, 0.5) is 11.4 Å². The van der Waals surface area contributed by atoms with Gasteiger partial charge in [-0.15, -0.1) is 0 Å². The Morgan fingerprint density at radius 2 is 0.957 bits per heavy atom. The van der Waals surface area contributed by atoms with Crippen LogP contribution in [0.15, 0.2) is 108 Å². The number of hydrogen-bond donors (Lipinski definition) is 4. The van der Waals surface area contributed by atoms with Crippen molar-refractivity contribution in [3.05, 3.63) is 131 Å². The van der Waals surface area contributed by atoms with E-state index in [1.165, 1.54) is 0 Å². The van der Waals surface area contributed by atoms with E-state index < -0.39 is 36.3 Å². The number of unbranched alkanes of at least 4 members (excludes halogenated alkanes) is 2. The lowest BCUT2D eigenvalue weighted by Gasteiger charge is -2.46. The second-order valence-electron chi connectivity index (χ2n) is 13.0. The molecule has 0 saturated heterocycles. The van der Waals surface area contributed by atoms with Gasteiger partial charge in [0.2, 0.25) is 0 Å². The first-order chi connectivity index (χ1) is 22.4. The average molecular weight is 617 g/mol. The second kappa shape index (κ2) is 12.7. The molecule has 0 radical (unpaired) electrons. The molecule has 2 fully saturated rings. The average Bonchev–Trinajstić information content (AvgIpc) is 3.08. The van der Waals surface area contributed by atoms with Crippen molar-refractivity contribution >= 4 is 22.5 Å². The predicted octanol–water partition coefficient (Wildman–Crippen LogP) is 6.50. The molecule has 4 aliphatic rings. The van der Waals surface area contributed by atoms with Crippen molar-refractivity contribution in [1.82, 2.24) is 0 Å². The van der Waals surface area contributed by atoms with Gasteiger partial charge in [-0.25, -0.2) is 0 Å². The van der Waals surface area contributed by atoms with Crippen molar-refractivity contribution < 1.29 is 20.4 Å². The molecule has 4 atom stereocenters. The monoisotopic (exact) mass is 616 g/mol. The summed E-state index contributed by atoms with van der Waals surface area (Å²) in [6.07, 6.45) is 9.17. The van der Waals surface area contributed by atoms with Crippen LogP contribution < -0.4 is 9.80 Å². The molecule has 2 aliphatic carbocycles. The first kappa shape index (κ1) is 30.7. The fourth-order valence-corrected chi connectivity index (χ4v) is 7.70. The van der Waals surface area contributed by atoms with Crippen LogP contribution in [0, 0.1) is 0 Å². The topological polar surface area (TPSA) is 87.4 Å². The van der Waals surface area contributed by atoms with Crippen molar-refractivity contribution in [2.75, 3.05) is 22.9 Å². The molecular weight excluding hydrogens is 572 g/mol. The summed E-state index contributed by atoms with van der Waals surface area (Å²) in [6.45, 7) is 6.20. The van der Waals surface area contributed by atoms with Crippen LogP contribution >= 0.6 is 0 Å². The van der Waals surface area contributed by atoms with E-state index >= 15 is 0 Å². The lowest BCUT2D eigenvalue weighted by Crippen LogP contribution is -2.48. The number of benzene rings is 3. The summed E-state index contributed by atoms with van der Waals surface area (Å²) in [5.74, 6) is -0.980. The van der Waals surface area contributed by atoms with Crippen LogP contribution in [-0.2, 0) is 0 Å². The van der Waals surface area contributed by atoms with Crippen molar-refractivity contribution in [3.63, 3.8) is 0 Å². The highest BCUT2D eigenvalue weighted by Crippen LogP contribution is 2.51. The molecule has 46 heavy (non-hydrogen) atoms. The van der Waals surface area contributed by atoms with Crippen LogP contribution in [0.3, 0.4) is 0 Å². The predicted molar refractivity (Wildman–Crippen MR) is 185 cm³/mol. The van der Waals surface area contributed by atoms with Crippen molar-refractivity contribution in [2.45, 2.75) is 75.8 Å². The van der Waals surface area contributed by atoms with E-state index in [2.05, 4.69) is 60.3 Å². The number of aliphatic hydroxyl groups excluding tert-OH is 4. The lowest BCUT2D eigenvalue weighted by atomic mass is 9.64. The van der Waals surface area contributed by atoms with Gasteiger partial charge in [0.25, 0.3) is 0 Å². The number of aliphatic hydroxyl groups is 4. The maximum Gasteiger partial charge on any atom is 0.0880 e. The van der Waals surface area contributed by atoms with E-state index in [-0.39, 0.29) is 0 Å². The van der Waals surface area contributed by atoms with Crippen LogP contribution in [0.1, 0.15) is 73.6 Å². The number of hydrogen-bond acceptors (Lipinski definition) is 6. The zero-order valence-corrected chi connectivity index (χ0v) is 26.6. The largest absolute Gasteiger partial charge is 0.388 e. The highest BCUT2D eigenvalue weighted by Gasteiger charge is 2.49. The second-order valence-corrected chi connectivity index (χ2v) is 13.0. The third-order valence-electron chi connectivity index (χ3n) is 10.3. The van der Waals surface area contributed by atoms with Gasteiger partial charge in [-0.1, -0.05) is 87.4 Å². The Labute approximate surface area is 271 Å². The summed E-state index contributed by atoms with van der Waals surface area (Å²) in [4.78, 5) is 4.48. The standard InChI is InChI=1S/C40H44N2O4/c1-3-5-20-41-22-18-29(27-14-7-9-16-31(27)41)35-37(43)33(38(35)44)25-12-11-13-26(24-25)34-39(45)36(40(34)46)30-19-23-42(21-6-4-2)32-17-10-8-15-28(30)32/h7-19,22-24,33-34,37-40,43-46H,3-6,20-21H2,1-2H3. The van der Waals surface area contributed by atoms with E-state index in [4.69, 9.17) is 0 Å². The number of rotatable bonds is 8. The summed E-state index contributed by atoms with van der Waals surface area (Å²) in [5.41, 5.74) is 8.87. The number of nitrogens with zero attached hydrogens (tertiary/aromatic N) is 2. The third-order valence-corrected chi connectivity index (χ3v) is 10.3. The van der Waals surface area contributed by atoms with Crippen molar-refractivity contribution in [3.8, 4) is 0 Å². The lowest BCUT2D eigenvalue weighted by molar-refractivity contribution is 0.0114. The Morgan fingerprint density at radius 1 is 0.543 bits per heavy atom. The quantitative estimate of drug-likeness (QED) is 0.231. The molecule has 6 heteroatoms. The normalized spacial score (nSPS) is 26.6. The first-order valence-corrected chi connectivity index (χ1v) is 16.8. The minimum Gasteiger partial charge on any atom is -0.388 e. The van der Waals surface area contributed by atoms with Gasteiger partial charge in [-0.2, -0.15) is 0 Å². The van der Waals surface area contributed by atoms with Gasteiger partial charge in [0.1, 0.15) is 0 Å². The SMILES string of the molecule is CCCCN1C=CC(=C2C(O)C(c3cccc(C4C(O)C(=C5C=CN(CCCC)c6ccccc65)C4O)c3)C2O)c2ccccc21. The molecule has 3 aromatic rings. The molecule has 0 amide bonds. The van der Waals surface area contributed by atoms with Gasteiger partial charge in [0, 0.05) is 59.8 Å². The van der Waals surface area contributed by atoms with Gasteiger partial charge in [0.05, 0.1) is 24.4 Å². The van der Waals surface area contributed by atoms with Gasteiger partial charge in [-0.05, 0) is 70.5 Å². The zero-order valence-electron chi connectivity index (χ0n) is 26.6. The molecule has 7 rings (SSSR count). The van der Waals surface area contributed by atoms with E-state index in [1.54, 1.807) is 0 Å². The van der Waals surface area contributed by atoms with Crippen LogP contribution in [-0.4, -0.2) is 57.9 Å². The third kappa shape index (κ3) is 5.05. The van der Waals surface area contributed by atoms with Crippen molar-refractivity contribution in [1.29, 1.82) is 0 Å². The molecule has 6 nitrogen and oxygen atoms in total. The fraction of sp³-hybridized carbons (Fsp3) is 0.350. The molecule has 0 bridgehead atoms. The summed E-state index contributed by atoms with van der Waals surface area (Å²) in [7, 11) is 0. The molecule has 4 unspecified atom stereocenters. The molecule has 0 aromatic heterocycles. The molecule has 2 heterocycles. The Morgan fingerprint density at radius 3 is 1.37 bits per heavy atom. The van der Waals surface area contributed by atoms with Crippen LogP contribution in [0.5, 0.6) is 0 Å². The zero-order chi connectivity index (χ0) is 31.9. The summed E-state index contributed by atoms with van der Waals surface area (Å²) in [5, 5.41) is 45.9. The van der Waals surface area contributed by atoms with Gasteiger partial charge >= 0.3 is 0 Å².